The summed E-state index contributed by atoms with van der Waals surface area (Å²) in [6, 6.07) is 3.08. The molecule has 0 saturated heterocycles. The molecule has 1 aromatic heterocycles. The number of nitrogens with two attached hydrogens (primary N) is 1. The number of rotatable bonds is 6. The normalized spacial score (nSPS) is 11.8. The van der Waals surface area contributed by atoms with E-state index in [0.29, 0.717) is 30.5 Å². The van der Waals surface area contributed by atoms with Crippen molar-refractivity contribution in [2.75, 3.05) is 31.2 Å². The number of hydrogen-bond donors (Lipinski definition) is 2. The van der Waals surface area contributed by atoms with Crippen LogP contribution in [0.2, 0.25) is 0 Å². The number of carbonyl (C=O) groups excluding carboxylic acids is 1. The zero-order valence-electron chi connectivity index (χ0n) is 11.9. The SMILES string of the molecule is CCN(CC)C(=O)C(C)Nc1ccc(N)c(OC)n1. The maximum atomic E-state index is 12.1. The second-order valence-electron chi connectivity index (χ2n) is 4.17. The van der Waals surface area contributed by atoms with E-state index in [2.05, 4.69) is 10.3 Å². The number of aromatic nitrogens is 1. The van der Waals surface area contributed by atoms with Gasteiger partial charge in [0.2, 0.25) is 11.8 Å². The van der Waals surface area contributed by atoms with E-state index in [9.17, 15) is 4.79 Å². The van der Waals surface area contributed by atoms with E-state index in [4.69, 9.17) is 10.5 Å². The molecule has 1 rings (SSSR count). The van der Waals surface area contributed by atoms with Gasteiger partial charge in [0.15, 0.2) is 0 Å². The van der Waals surface area contributed by atoms with Gasteiger partial charge in [0.25, 0.3) is 0 Å². The van der Waals surface area contributed by atoms with Crippen LogP contribution in [0.5, 0.6) is 5.88 Å². The summed E-state index contributed by atoms with van der Waals surface area (Å²) in [7, 11) is 1.51. The number of amides is 1. The molecule has 106 valence electrons. The predicted octanol–water partition coefficient (Wildman–Crippen LogP) is 1.34. The molecule has 0 radical (unpaired) electrons. The largest absolute Gasteiger partial charge is 0.479 e. The van der Waals surface area contributed by atoms with Crippen molar-refractivity contribution in [3.63, 3.8) is 0 Å². The minimum absolute atomic E-state index is 0.0441. The average molecular weight is 266 g/mol. The Balaban J connectivity index is 2.76. The maximum absolute atomic E-state index is 12.1. The van der Waals surface area contributed by atoms with Crippen molar-refractivity contribution in [2.24, 2.45) is 0 Å². The van der Waals surface area contributed by atoms with Crippen LogP contribution < -0.4 is 15.8 Å². The first kappa shape index (κ1) is 15.1. The molecule has 1 heterocycles. The molecule has 0 aliphatic carbocycles. The number of nitrogens with one attached hydrogen (secondary N) is 1. The van der Waals surface area contributed by atoms with Crippen LogP contribution in [-0.2, 0) is 4.79 Å². The monoisotopic (exact) mass is 266 g/mol. The van der Waals surface area contributed by atoms with Gasteiger partial charge in [-0.3, -0.25) is 4.79 Å². The summed E-state index contributed by atoms with van der Waals surface area (Å²) in [5, 5.41) is 3.05. The molecule has 3 N–H and O–H groups in total. The first-order valence-corrected chi connectivity index (χ1v) is 6.39. The van der Waals surface area contributed by atoms with Gasteiger partial charge in [0.1, 0.15) is 11.9 Å². The number of nitrogen functional groups attached to an aromatic ring is 1. The predicted molar refractivity (Wildman–Crippen MR) is 76.2 cm³/mol. The van der Waals surface area contributed by atoms with Crippen molar-refractivity contribution >= 4 is 17.4 Å². The molecular formula is C13H22N4O2. The Hall–Kier alpha value is -1.98. The fourth-order valence-electron chi connectivity index (χ4n) is 1.79. The van der Waals surface area contributed by atoms with Gasteiger partial charge < -0.3 is 20.7 Å². The number of carbonyl (C=O) groups is 1. The van der Waals surface area contributed by atoms with Gasteiger partial charge in [-0.2, -0.15) is 4.98 Å². The number of nitrogens with zero attached hydrogens (tertiary/aromatic N) is 2. The molecule has 0 fully saturated rings. The first-order valence-electron chi connectivity index (χ1n) is 6.39. The average Bonchev–Trinajstić information content (AvgIpc) is 2.42. The van der Waals surface area contributed by atoms with E-state index in [1.165, 1.54) is 7.11 Å². The molecule has 1 atom stereocenters. The molecule has 1 aromatic rings. The third-order valence-electron chi connectivity index (χ3n) is 2.89. The van der Waals surface area contributed by atoms with Crippen LogP contribution in [-0.4, -0.2) is 42.0 Å². The first-order chi connectivity index (χ1) is 9.03. The molecule has 1 amide bonds. The Morgan fingerprint density at radius 3 is 2.63 bits per heavy atom. The Morgan fingerprint density at radius 1 is 1.47 bits per heavy atom. The van der Waals surface area contributed by atoms with Gasteiger partial charge in [-0.15, -0.1) is 0 Å². The summed E-state index contributed by atoms with van der Waals surface area (Å²) in [6.45, 7) is 7.11. The van der Waals surface area contributed by atoms with Gasteiger partial charge in [0, 0.05) is 13.1 Å². The fourth-order valence-corrected chi connectivity index (χ4v) is 1.79. The van der Waals surface area contributed by atoms with Crippen molar-refractivity contribution in [3.8, 4) is 5.88 Å². The smallest absolute Gasteiger partial charge is 0.244 e. The Morgan fingerprint density at radius 2 is 2.11 bits per heavy atom. The molecule has 6 heteroatoms. The lowest BCUT2D eigenvalue weighted by atomic mass is 10.2. The van der Waals surface area contributed by atoms with E-state index >= 15 is 0 Å². The number of pyridine rings is 1. The van der Waals surface area contributed by atoms with Crippen LogP contribution >= 0.6 is 0 Å². The summed E-state index contributed by atoms with van der Waals surface area (Å²) in [5.41, 5.74) is 6.16. The van der Waals surface area contributed by atoms with Crippen LogP contribution in [0.15, 0.2) is 12.1 Å². The molecular weight excluding hydrogens is 244 g/mol. The minimum atomic E-state index is -0.347. The lowest BCUT2D eigenvalue weighted by molar-refractivity contribution is -0.131. The minimum Gasteiger partial charge on any atom is -0.479 e. The lowest BCUT2D eigenvalue weighted by Gasteiger charge is -2.23. The van der Waals surface area contributed by atoms with Crippen molar-refractivity contribution in [1.82, 2.24) is 9.88 Å². The molecule has 6 nitrogen and oxygen atoms in total. The number of likely N-dealkylation sites (N-methyl/N-ethyl adjacent to an activating group) is 1. The summed E-state index contributed by atoms with van der Waals surface area (Å²) in [6.07, 6.45) is 0. The second kappa shape index (κ2) is 6.82. The van der Waals surface area contributed by atoms with Crippen LogP contribution in [0.1, 0.15) is 20.8 Å². The Bertz CT molecular complexity index is 433. The van der Waals surface area contributed by atoms with E-state index < -0.39 is 0 Å². The van der Waals surface area contributed by atoms with Gasteiger partial charge in [-0.05, 0) is 32.9 Å². The summed E-state index contributed by atoms with van der Waals surface area (Å²) < 4.78 is 5.05. The van der Waals surface area contributed by atoms with E-state index in [1.807, 2.05) is 20.8 Å². The molecule has 1 unspecified atom stereocenters. The Labute approximate surface area is 113 Å². The number of methoxy groups -OCH3 is 1. The number of hydrogen-bond acceptors (Lipinski definition) is 5. The van der Waals surface area contributed by atoms with Crippen molar-refractivity contribution in [2.45, 2.75) is 26.8 Å². The molecule has 0 spiro atoms. The van der Waals surface area contributed by atoms with Gasteiger partial charge in [0.05, 0.1) is 12.8 Å². The zero-order chi connectivity index (χ0) is 14.4. The lowest BCUT2D eigenvalue weighted by Crippen LogP contribution is -2.41. The van der Waals surface area contributed by atoms with E-state index in [0.717, 1.165) is 0 Å². The van der Waals surface area contributed by atoms with Crippen LogP contribution in [0, 0.1) is 0 Å². The standard InChI is InChI=1S/C13H22N4O2/c1-5-17(6-2)13(18)9(3)15-11-8-7-10(14)12(16-11)19-4/h7-9H,5-6,14H2,1-4H3,(H,15,16). The highest BCUT2D eigenvalue weighted by atomic mass is 16.5. The molecule has 0 bridgehead atoms. The highest BCUT2D eigenvalue weighted by Gasteiger charge is 2.18. The van der Waals surface area contributed by atoms with E-state index in [1.54, 1.807) is 17.0 Å². The maximum Gasteiger partial charge on any atom is 0.244 e. The van der Waals surface area contributed by atoms with Crippen LogP contribution in [0.3, 0.4) is 0 Å². The van der Waals surface area contributed by atoms with Crippen molar-refractivity contribution < 1.29 is 9.53 Å². The number of ether oxygens (including phenoxy) is 1. The van der Waals surface area contributed by atoms with Gasteiger partial charge in [-0.1, -0.05) is 0 Å². The van der Waals surface area contributed by atoms with Crippen molar-refractivity contribution in [1.29, 1.82) is 0 Å². The van der Waals surface area contributed by atoms with Gasteiger partial charge in [-0.25, -0.2) is 0 Å². The van der Waals surface area contributed by atoms with Gasteiger partial charge >= 0.3 is 0 Å². The third kappa shape index (κ3) is 3.74. The molecule has 0 aromatic carbocycles. The summed E-state index contributed by atoms with van der Waals surface area (Å²) in [5.74, 6) is 0.967. The number of anilines is 2. The third-order valence-corrected chi connectivity index (χ3v) is 2.89. The topological polar surface area (TPSA) is 80.5 Å². The quantitative estimate of drug-likeness (QED) is 0.812. The highest BCUT2D eigenvalue weighted by Crippen LogP contribution is 2.20. The molecule has 0 aliphatic heterocycles. The van der Waals surface area contributed by atoms with Crippen LogP contribution in [0.25, 0.3) is 0 Å². The van der Waals surface area contributed by atoms with Crippen LogP contribution in [0.4, 0.5) is 11.5 Å². The highest BCUT2D eigenvalue weighted by molar-refractivity contribution is 5.84. The molecule has 0 aliphatic rings. The molecule has 19 heavy (non-hydrogen) atoms. The second-order valence-corrected chi connectivity index (χ2v) is 4.17. The van der Waals surface area contributed by atoms with Crippen molar-refractivity contribution in [3.05, 3.63) is 12.1 Å². The Kier molecular flexibility index (Phi) is 5.41. The summed E-state index contributed by atoms with van der Waals surface area (Å²) >= 11 is 0. The van der Waals surface area contributed by atoms with E-state index in [-0.39, 0.29) is 11.9 Å². The summed E-state index contributed by atoms with van der Waals surface area (Å²) in [4.78, 5) is 18.1. The molecule has 0 saturated carbocycles. The fraction of sp³-hybridized carbons (Fsp3) is 0.538. The zero-order valence-corrected chi connectivity index (χ0v) is 11.9.